The summed E-state index contributed by atoms with van der Waals surface area (Å²) in [6.07, 6.45) is 0. The van der Waals surface area contributed by atoms with Gasteiger partial charge in [0.15, 0.2) is 5.78 Å². The first-order chi connectivity index (χ1) is 21.5. The number of nitrogens with zero attached hydrogens (tertiary/aromatic N) is 1. The first kappa shape index (κ1) is 26.7. The van der Waals surface area contributed by atoms with Crippen molar-refractivity contribution in [3.8, 4) is 0 Å². The van der Waals surface area contributed by atoms with Crippen LogP contribution < -0.4 is 4.90 Å². The molecule has 1 heterocycles. The summed E-state index contributed by atoms with van der Waals surface area (Å²) < 4.78 is 0.641. The molecule has 5 heteroatoms. The highest BCUT2D eigenvalue weighted by atomic mass is 79.9. The zero-order valence-electron chi connectivity index (χ0n) is 23.6. The standard InChI is InChI=1S/C39H26BrNO3/c40-29-23-13-14-24-30(29)41-35(42)33-34(36(41)43)39(28-21-11-4-12-22-28)32(26-17-7-2-8-18-26)31(25-15-5-1-6-16-25)38(33,37(39)44)27-19-9-3-10-20-27/h1-24,33-34H/t33-,34-,38+,39+/m1/s1. The third-order valence-corrected chi connectivity index (χ3v) is 10.3. The number of carbonyl (C=O) groups excluding carboxylic acids is 3. The van der Waals surface area contributed by atoms with Crippen molar-refractivity contribution in [2.75, 3.05) is 4.90 Å². The molecule has 0 N–H and O–H groups in total. The van der Waals surface area contributed by atoms with Crippen LogP contribution in [0.1, 0.15) is 22.3 Å². The van der Waals surface area contributed by atoms with E-state index in [1.807, 2.05) is 140 Å². The van der Waals surface area contributed by atoms with E-state index in [1.165, 1.54) is 4.90 Å². The molecular weight excluding hydrogens is 610 g/mol. The van der Waals surface area contributed by atoms with Gasteiger partial charge in [0.2, 0.25) is 11.8 Å². The van der Waals surface area contributed by atoms with Gasteiger partial charge in [0.05, 0.1) is 28.4 Å². The van der Waals surface area contributed by atoms with Crippen LogP contribution in [0.4, 0.5) is 5.69 Å². The van der Waals surface area contributed by atoms with Crippen molar-refractivity contribution in [3.63, 3.8) is 0 Å². The van der Waals surface area contributed by atoms with Gasteiger partial charge in [0, 0.05) is 4.47 Å². The van der Waals surface area contributed by atoms with Gasteiger partial charge in [-0.25, -0.2) is 4.90 Å². The van der Waals surface area contributed by atoms with Crippen molar-refractivity contribution in [1.29, 1.82) is 0 Å². The summed E-state index contributed by atoms with van der Waals surface area (Å²) in [5.41, 5.74) is 2.42. The predicted molar refractivity (Wildman–Crippen MR) is 175 cm³/mol. The molecule has 2 aliphatic carbocycles. The van der Waals surface area contributed by atoms with Gasteiger partial charge < -0.3 is 0 Å². The van der Waals surface area contributed by atoms with Gasteiger partial charge >= 0.3 is 0 Å². The highest BCUT2D eigenvalue weighted by molar-refractivity contribution is 9.10. The molecule has 2 fully saturated rings. The number of ketones is 1. The van der Waals surface area contributed by atoms with Gasteiger partial charge in [-0.1, -0.05) is 133 Å². The van der Waals surface area contributed by atoms with E-state index in [4.69, 9.17) is 0 Å². The second kappa shape index (κ2) is 9.83. The Morgan fingerprint density at radius 1 is 0.477 bits per heavy atom. The first-order valence-electron chi connectivity index (χ1n) is 14.7. The van der Waals surface area contributed by atoms with E-state index < -0.39 is 22.7 Å². The zero-order valence-corrected chi connectivity index (χ0v) is 25.1. The molecule has 3 aliphatic rings. The Morgan fingerprint density at radius 3 is 1.25 bits per heavy atom. The summed E-state index contributed by atoms with van der Waals surface area (Å²) in [4.78, 5) is 47.1. The highest BCUT2D eigenvalue weighted by Gasteiger charge is 2.82. The number of Topliss-reactive ketones (excluding diaryl/α,β-unsaturated/α-hetero) is 1. The second-order valence-corrected chi connectivity index (χ2v) is 12.4. The third-order valence-electron chi connectivity index (χ3n) is 9.67. The van der Waals surface area contributed by atoms with Crippen LogP contribution in [0, 0.1) is 11.8 Å². The van der Waals surface area contributed by atoms with Crippen LogP contribution in [-0.2, 0) is 25.2 Å². The Balaban J connectivity index is 1.57. The number of imide groups is 1. The number of anilines is 1. The number of halogens is 1. The lowest BCUT2D eigenvalue weighted by Crippen LogP contribution is -2.45. The summed E-state index contributed by atoms with van der Waals surface area (Å²) in [6, 6.07) is 46.3. The van der Waals surface area contributed by atoms with Gasteiger partial charge in [-0.2, -0.15) is 0 Å². The van der Waals surface area contributed by atoms with Crippen LogP contribution >= 0.6 is 15.9 Å². The Bertz CT molecular complexity index is 1870. The minimum absolute atomic E-state index is 0.122. The quantitative estimate of drug-likeness (QED) is 0.187. The zero-order chi connectivity index (χ0) is 30.1. The van der Waals surface area contributed by atoms with Gasteiger partial charge in [0.25, 0.3) is 0 Å². The predicted octanol–water partition coefficient (Wildman–Crippen LogP) is 7.64. The maximum atomic E-state index is 15.8. The molecule has 0 spiro atoms. The van der Waals surface area contributed by atoms with Crippen molar-refractivity contribution in [1.82, 2.24) is 0 Å². The molecule has 8 rings (SSSR count). The van der Waals surface area contributed by atoms with E-state index in [0.717, 1.165) is 33.4 Å². The van der Waals surface area contributed by atoms with Crippen LogP contribution in [0.25, 0.3) is 11.1 Å². The Labute approximate surface area is 263 Å². The number of benzene rings is 5. The van der Waals surface area contributed by atoms with E-state index in [2.05, 4.69) is 15.9 Å². The second-order valence-electron chi connectivity index (χ2n) is 11.6. The lowest BCUT2D eigenvalue weighted by atomic mass is 9.59. The van der Waals surface area contributed by atoms with Crippen LogP contribution in [-0.4, -0.2) is 17.6 Å². The molecule has 0 aromatic heterocycles. The number of amides is 2. The fraction of sp³-hybridized carbons (Fsp3) is 0.103. The summed E-state index contributed by atoms with van der Waals surface area (Å²) in [7, 11) is 0. The number of para-hydroxylation sites is 1. The lowest BCUT2D eigenvalue weighted by molar-refractivity contribution is -0.130. The maximum absolute atomic E-state index is 15.8. The smallest absolute Gasteiger partial charge is 0.239 e. The first-order valence-corrected chi connectivity index (χ1v) is 15.5. The van der Waals surface area contributed by atoms with Crippen molar-refractivity contribution >= 4 is 50.4 Å². The van der Waals surface area contributed by atoms with Gasteiger partial charge in [-0.3, -0.25) is 14.4 Å². The van der Waals surface area contributed by atoms with E-state index in [9.17, 15) is 9.59 Å². The molecule has 1 aliphatic heterocycles. The minimum atomic E-state index is -1.41. The maximum Gasteiger partial charge on any atom is 0.239 e. The molecule has 212 valence electrons. The fourth-order valence-electron chi connectivity index (χ4n) is 8.20. The molecular formula is C39H26BrNO3. The average molecular weight is 637 g/mol. The van der Waals surface area contributed by atoms with E-state index in [0.29, 0.717) is 10.2 Å². The topological polar surface area (TPSA) is 54.5 Å². The molecule has 5 aromatic carbocycles. The van der Waals surface area contributed by atoms with Crippen LogP contribution in [0.5, 0.6) is 0 Å². The third kappa shape index (κ3) is 3.25. The largest absolute Gasteiger partial charge is 0.297 e. The molecule has 2 bridgehead atoms. The molecule has 4 atom stereocenters. The average Bonchev–Trinajstić information content (AvgIpc) is 3.59. The van der Waals surface area contributed by atoms with Crippen LogP contribution in [0.3, 0.4) is 0 Å². The minimum Gasteiger partial charge on any atom is -0.297 e. The van der Waals surface area contributed by atoms with Crippen LogP contribution in [0.15, 0.2) is 150 Å². The Hall–Kier alpha value is -4.87. The number of hydrogen-bond acceptors (Lipinski definition) is 3. The Morgan fingerprint density at radius 2 is 0.841 bits per heavy atom. The summed E-state index contributed by atoms with van der Waals surface area (Å²) in [6.45, 7) is 0. The van der Waals surface area contributed by atoms with E-state index in [-0.39, 0.29) is 17.6 Å². The molecule has 4 nitrogen and oxygen atoms in total. The van der Waals surface area contributed by atoms with Gasteiger partial charge in [0.1, 0.15) is 0 Å². The normalized spacial score (nSPS) is 25.6. The number of hydrogen-bond donors (Lipinski definition) is 0. The molecule has 44 heavy (non-hydrogen) atoms. The number of allylic oxidation sites excluding steroid dienone is 2. The van der Waals surface area contributed by atoms with Crippen molar-refractivity contribution < 1.29 is 14.4 Å². The SMILES string of the molecule is O=C1[C@H]2[C@H](C(=O)N1c1ccccc1Br)[C@@]1(c3ccccc3)C(=O)[C@@]2(c2ccccc2)C(c2ccccc2)=C1c1ccccc1. The van der Waals surface area contributed by atoms with Crippen LogP contribution in [0.2, 0.25) is 0 Å². The molecule has 1 saturated carbocycles. The van der Waals surface area contributed by atoms with Gasteiger partial charge in [-0.15, -0.1) is 0 Å². The summed E-state index contributed by atoms with van der Waals surface area (Å²) in [5.74, 6) is -2.73. The molecule has 5 aromatic rings. The highest BCUT2D eigenvalue weighted by Crippen LogP contribution is 2.74. The van der Waals surface area contributed by atoms with Crippen molar-refractivity contribution in [2.45, 2.75) is 10.8 Å². The van der Waals surface area contributed by atoms with Gasteiger partial charge in [-0.05, 0) is 61.5 Å². The molecule has 1 saturated heterocycles. The van der Waals surface area contributed by atoms with Crippen molar-refractivity contribution in [2.24, 2.45) is 11.8 Å². The summed E-state index contributed by atoms with van der Waals surface area (Å²) in [5, 5.41) is 0. The lowest BCUT2D eigenvalue weighted by Gasteiger charge is -2.39. The molecule has 0 radical (unpaired) electrons. The summed E-state index contributed by atoms with van der Waals surface area (Å²) >= 11 is 3.59. The number of rotatable bonds is 5. The monoisotopic (exact) mass is 635 g/mol. The number of carbonyl (C=O) groups is 3. The molecule has 2 amide bonds. The van der Waals surface area contributed by atoms with Crippen molar-refractivity contribution in [3.05, 3.63) is 172 Å². The number of fused-ring (bicyclic) bond motifs is 5. The molecule has 0 unspecified atom stereocenters. The Kier molecular flexibility index (Phi) is 5.97. The van der Waals surface area contributed by atoms with E-state index in [1.54, 1.807) is 6.07 Å². The fourth-order valence-corrected chi connectivity index (χ4v) is 8.67. The van der Waals surface area contributed by atoms with E-state index >= 15 is 4.79 Å².